The minimum atomic E-state index is -1.26. The van der Waals surface area contributed by atoms with Crippen LogP contribution in [0.3, 0.4) is 0 Å². The van der Waals surface area contributed by atoms with Crippen molar-refractivity contribution in [2.75, 3.05) is 13.6 Å². The summed E-state index contributed by atoms with van der Waals surface area (Å²) in [6, 6.07) is 16.2. The Kier molecular flexibility index (Phi) is 9.88. The topological polar surface area (TPSA) is 95.9 Å². The quantitative estimate of drug-likeness (QED) is 0.613. The van der Waals surface area contributed by atoms with E-state index in [2.05, 4.69) is 5.32 Å². The van der Waals surface area contributed by atoms with Gasteiger partial charge in [-0.05, 0) is 43.4 Å². The molecule has 2 aromatic rings. The fourth-order valence-corrected chi connectivity index (χ4v) is 2.06. The van der Waals surface area contributed by atoms with Crippen LogP contribution in [-0.4, -0.2) is 35.7 Å². The molecule has 0 fully saturated rings. The zero-order chi connectivity index (χ0) is 20.1. The van der Waals surface area contributed by atoms with Crippen LogP contribution in [0.4, 0.5) is 4.39 Å². The van der Waals surface area contributed by atoms with Crippen molar-refractivity contribution in [2.24, 2.45) is 0 Å². The summed E-state index contributed by atoms with van der Waals surface area (Å²) in [5, 5.41) is 18.7. The molecule has 0 aliphatic rings. The molecule has 0 bridgehead atoms. The Labute approximate surface area is 156 Å². The highest BCUT2D eigenvalue weighted by atomic mass is 19.1. The number of carboxylic acid groups (broad SMARTS) is 2. The zero-order valence-corrected chi connectivity index (χ0v) is 14.8. The van der Waals surface area contributed by atoms with Crippen LogP contribution in [-0.2, 0) is 9.59 Å². The first-order valence-corrected chi connectivity index (χ1v) is 8.18. The van der Waals surface area contributed by atoms with Crippen LogP contribution in [0.5, 0.6) is 5.75 Å². The molecule has 144 valence electrons. The normalized spacial score (nSPS) is 11.3. The minimum absolute atomic E-state index is 0.0286. The molecule has 0 amide bonds. The summed E-state index contributed by atoms with van der Waals surface area (Å²) in [5.41, 5.74) is 1.13. The highest BCUT2D eigenvalue weighted by Gasteiger charge is 2.12. The van der Waals surface area contributed by atoms with Crippen molar-refractivity contribution in [1.82, 2.24) is 5.32 Å². The maximum atomic E-state index is 12.9. The fourth-order valence-electron chi connectivity index (χ4n) is 2.06. The standard InChI is InChI=1S/C16H18FNO.C4H4O4/c1-18-12-11-16(13-5-3-2-4-6-13)19-15-9-7-14(17)8-10-15;5-3(6)1-2-4(7)8/h2-10,16,18H,11-12H2,1H3;1-2H,(H,5,6)(H,7,8)/b;2-1-. The van der Waals surface area contributed by atoms with Crippen LogP contribution in [0.15, 0.2) is 66.7 Å². The second kappa shape index (κ2) is 12.2. The number of carbonyl (C=O) groups is 2. The molecule has 3 N–H and O–H groups in total. The summed E-state index contributed by atoms with van der Waals surface area (Å²) in [4.78, 5) is 19.1. The Bertz CT molecular complexity index is 716. The molecule has 6 nitrogen and oxygen atoms in total. The lowest BCUT2D eigenvalue weighted by Gasteiger charge is -2.19. The van der Waals surface area contributed by atoms with E-state index in [-0.39, 0.29) is 11.9 Å². The molecule has 0 radical (unpaired) electrons. The number of nitrogens with one attached hydrogen (secondary N) is 1. The maximum absolute atomic E-state index is 12.9. The Morgan fingerprint density at radius 2 is 1.59 bits per heavy atom. The van der Waals surface area contributed by atoms with Crippen molar-refractivity contribution in [1.29, 1.82) is 0 Å². The smallest absolute Gasteiger partial charge is 0.328 e. The molecule has 0 aliphatic heterocycles. The van der Waals surface area contributed by atoms with Crippen LogP contribution in [0.1, 0.15) is 18.1 Å². The second-order valence-electron chi connectivity index (χ2n) is 5.37. The van der Waals surface area contributed by atoms with Crippen molar-refractivity contribution >= 4 is 11.9 Å². The predicted molar refractivity (Wildman–Crippen MR) is 99.2 cm³/mol. The SMILES string of the molecule is CNCCC(Oc1ccc(F)cc1)c1ccccc1.O=C(O)/C=C\C(=O)O. The van der Waals surface area contributed by atoms with Crippen LogP contribution in [0.2, 0.25) is 0 Å². The van der Waals surface area contributed by atoms with Crippen molar-refractivity contribution in [3.05, 3.63) is 78.1 Å². The van der Waals surface area contributed by atoms with Gasteiger partial charge in [0, 0.05) is 18.6 Å². The van der Waals surface area contributed by atoms with Gasteiger partial charge in [-0.3, -0.25) is 0 Å². The van der Waals surface area contributed by atoms with E-state index in [1.165, 1.54) is 12.1 Å². The first-order valence-electron chi connectivity index (χ1n) is 8.18. The monoisotopic (exact) mass is 375 g/mol. The van der Waals surface area contributed by atoms with Gasteiger partial charge in [0.05, 0.1) is 0 Å². The molecule has 0 heterocycles. The molecule has 2 rings (SSSR count). The van der Waals surface area contributed by atoms with Gasteiger partial charge < -0.3 is 20.3 Å². The molecule has 0 aliphatic carbocycles. The van der Waals surface area contributed by atoms with Crippen molar-refractivity contribution in [3.63, 3.8) is 0 Å². The van der Waals surface area contributed by atoms with E-state index >= 15 is 0 Å². The minimum Gasteiger partial charge on any atom is -0.486 e. The third kappa shape index (κ3) is 9.76. The van der Waals surface area contributed by atoms with Crippen LogP contribution >= 0.6 is 0 Å². The first kappa shape index (κ1) is 21.9. The van der Waals surface area contributed by atoms with Gasteiger partial charge >= 0.3 is 11.9 Å². The largest absolute Gasteiger partial charge is 0.486 e. The Hall–Kier alpha value is -3.19. The van der Waals surface area contributed by atoms with Gasteiger partial charge in [0.15, 0.2) is 0 Å². The molecule has 0 saturated carbocycles. The van der Waals surface area contributed by atoms with Crippen LogP contribution in [0, 0.1) is 5.82 Å². The highest BCUT2D eigenvalue weighted by molar-refractivity contribution is 5.89. The molecule has 27 heavy (non-hydrogen) atoms. The van der Waals surface area contributed by atoms with Gasteiger partial charge in [-0.25, -0.2) is 14.0 Å². The molecule has 0 aromatic heterocycles. The van der Waals surface area contributed by atoms with Gasteiger partial charge in [-0.2, -0.15) is 0 Å². The van der Waals surface area contributed by atoms with Crippen LogP contribution < -0.4 is 10.1 Å². The fraction of sp³-hybridized carbons (Fsp3) is 0.200. The number of benzene rings is 2. The molecule has 0 spiro atoms. The van der Waals surface area contributed by atoms with E-state index in [0.29, 0.717) is 17.9 Å². The van der Waals surface area contributed by atoms with Crippen molar-refractivity contribution in [2.45, 2.75) is 12.5 Å². The molecule has 1 unspecified atom stereocenters. The average Bonchev–Trinajstić information content (AvgIpc) is 2.66. The van der Waals surface area contributed by atoms with E-state index in [4.69, 9.17) is 14.9 Å². The summed E-state index contributed by atoms with van der Waals surface area (Å²) in [6.45, 7) is 0.862. The Balaban J connectivity index is 0.000000387. The number of carboxylic acids is 2. The van der Waals surface area contributed by atoms with Crippen molar-refractivity contribution < 1.29 is 28.9 Å². The van der Waals surface area contributed by atoms with Gasteiger partial charge in [0.1, 0.15) is 17.7 Å². The summed E-state index contributed by atoms with van der Waals surface area (Å²) < 4.78 is 18.8. The van der Waals surface area contributed by atoms with Gasteiger partial charge in [-0.15, -0.1) is 0 Å². The Morgan fingerprint density at radius 3 is 2.07 bits per heavy atom. The zero-order valence-electron chi connectivity index (χ0n) is 14.8. The summed E-state index contributed by atoms with van der Waals surface area (Å²) in [7, 11) is 1.92. The van der Waals surface area contributed by atoms with Crippen LogP contribution in [0.25, 0.3) is 0 Å². The molecule has 0 saturated heterocycles. The third-order valence-electron chi connectivity index (χ3n) is 3.29. The lowest BCUT2D eigenvalue weighted by molar-refractivity contribution is -0.134. The average molecular weight is 375 g/mol. The number of hydrogen-bond donors (Lipinski definition) is 3. The number of rotatable bonds is 8. The second-order valence-corrected chi connectivity index (χ2v) is 5.37. The Morgan fingerprint density at radius 1 is 1.04 bits per heavy atom. The van der Waals surface area contributed by atoms with E-state index in [1.54, 1.807) is 12.1 Å². The maximum Gasteiger partial charge on any atom is 0.328 e. The molecular weight excluding hydrogens is 353 g/mol. The summed E-state index contributed by atoms with van der Waals surface area (Å²) in [5.74, 6) is -2.08. The first-order chi connectivity index (χ1) is 12.9. The molecular formula is C20H22FNO5. The molecule has 1 atom stereocenters. The lowest BCUT2D eigenvalue weighted by atomic mass is 10.1. The van der Waals surface area contributed by atoms with Gasteiger partial charge in [0.25, 0.3) is 0 Å². The van der Waals surface area contributed by atoms with Gasteiger partial charge in [-0.1, -0.05) is 30.3 Å². The third-order valence-corrected chi connectivity index (χ3v) is 3.29. The number of aliphatic carboxylic acids is 2. The molecule has 7 heteroatoms. The molecule has 2 aromatic carbocycles. The van der Waals surface area contributed by atoms with E-state index in [1.807, 2.05) is 37.4 Å². The number of halogens is 1. The van der Waals surface area contributed by atoms with E-state index < -0.39 is 11.9 Å². The van der Waals surface area contributed by atoms with Gasteiger partial charge in [0.2, 0.25) is 0 Å². The number of ether oxygens (including phenoxy) is 1. The van der Waals surface area contributed by atoms with E-state index in [9.17, 15) is 14.0 Å². The predicted octanol–water partition coefficient (Wildman–Crippen LogP) is 3.27. The summed E-state index contributed by atoms with van der Waals surface area (Å²) >= 11 is 0. The number of hydrogen-bond acceptors (Lipinski definition) is 4. The lowest BCUT2D eigenvalue weighted by Crippen LogP contribution is -2.16. The van der Waals surface area contributed by atoms with Crippen molar-refractivity contribution in [3.8, 4) is 5.75 Å². The summed E-state index contributed by atoms with van der Waals surface area (Å²) in [6.07, 6.45) is 1.95. The van der Waals surface area contributed by atoms with E-state index in [0.717, 1.165) is 18.5 Å². The highest BCUT2D eigenvalue weighted by Crippen LogP contribution is 2.24.